The molecule has 0 fully saturated rings. The van der Waals surface area contributed by atoms with E-state index in [9.17, 15) is 28.4 Å². The molecule has 0 aliphatic heterocycles. The van der Waals surface area contributed by atoms with Crippen LogP contribution in [0.5, 0.6) is 5.75 Å². The van der Waals surface area contributed by atoms with E-state index in [1.54, 1.807) is 0 Å². The molecule has 1 rings (SSSR count). The first-order valence-electron chi connectivity index (χ1n) is 5.80. The van der Waals surface area contributed by atoms with Gasteiger partial charge in [-0.1, -0.05) is 0 Å². The first-order valence-corrected chi connectivity index (χ1v) is 7.45. The van der Waals surface area contributed by atoms with Crippen molar-refractivity contribution in [2.24, 2.45) is 0 Å². The molecule has 9 nitrogen and oxygen atoms in total. The molecule has 0 radical (unpaired) electrons. The van der Waals surface area contributed by atoms with Gasteiger partial charge in [0.2, 0.25) is 10.0 Å². The van der Waals surface area contributed by atoms with Crippen molar-refractivity contribution in [3.8, 4) is 5.75 Å². The number of carbonyl (C=O) groups excluding carboxylic acids is 1. The Morgan fingerprint density at radius 1 is 1.48 bits per heavy atom. The van der Waals surface area contributed by atoms with Crippen molar-refractivity contribution >= 4 is 27.4 Å². The summed E-state index contributed by atoms with van der Waals surface area (Å²) in [6.45, 7) is 0. The number of nitro groups is 1. The van der Waals surface area contributed by atoms with Crippen molar-refractivity contribution in [1.82, 2.24) is 0 Å². The van der Waals surface area contributed by atoms with Gasteiger partial charge < -0.3 is 9.84 Å². The van der Waals surface area contributed by atoms with Gasteiger partial charge in [0.25, 0.3) is 5.69 Å². The highest BCUT2D eigenvalue weighted by atomic mass is 32.2. The first-order chi connectivity index (χ1) is 9.75. The summed E-state index contributed by atoms with van der Waals surface area (Å²) in [6.07, 6.45) is -0.0526. The molecule has 0 aliphatic rings. The van der Waals surface area contributed by atoms with Gasteiger partial charge in [0.05, 0.1) is 23.9 Å². The van der Waals surface area contributed by atoms with Crippen LogP contribution in [0.15, 0.2) is 18.2 Å². The van der Waals surface area contributed by atoms with Gasteiger partial charge in [0, 0.05) is 6.42 Å². The van der Waals surface area contributed by atoms with Crippen molar-refractivity contribution < 1.29 is 28.0 Å². The number of nitrogens with zero attached hydrogens (tertiary/aromatic N) is 1. The maximum Gasteiger partial charge on any atom is 0.305 e. The first kappa shape index (κ1) is 16.7. The standard InChI is InChI=1S/C11H14N2O7S/c1-20-11(15)3-2-6-21(18,19)12-9-5-4-8(14)7-10(9)13(16)17/h4-5,7,12,14H,2-3,6H2,1H3. The predicted molar refractivity (Wildman–Crippen MR) is 73.4 cm³/mol. The molecule has 0 amide bonds. The fourth-order valence-electron chi connectivity index (χ4n) is 1.48. The lowest BCUT2D eigenvalue weighted by atomic mass is 10.2. The average molecular weight is 318 g/mol. The number of benzene rings is 1. The molecule has 0 saturated carbocycles. The zero-order valence-corrected chi connectivity index (χ0v) is 11.9. The van der Waals surface area contributed by atoms with E-state index in [1.165, 1.54) is 7.11 Å². The number of hydrogen-bond acceptors (Lipinski definition) is 7. The zero-order valence-electron chi connectivity index (χ0n) is 11.1. The number of sulfonamides is 1. The van der Waals surface area contributed by atoms with Crippen LogP contribution in [0.25, 0.3) is 0 Å². The van der Waals surface area contributed by atoms with Crippen LogP contribution >= 0.6 is 0 Å². The molecule has 2 N–H and O–H groups in total. The smallest absolute Gasteiger partial charge is 0.305 e. The van der Waals surface area contributed by atoms with Crippen molar-refractivity contribution in [3.63, 3.8) is 0 Å². The Hall–Kier alpha value is -2.36. The number of nitrogens with one attached hydrogen (secondary N) is 1. The summed E-state index contributed by atoms with van der Waals surface area (Å²) in [5.74, 6) is -1.28. The summed E-state index contributed by atoms with van der Waals surface area (Å²) >= 11 is 0. The van der Waals surface area contributed by atoms with Crippen LogP contribution in [0.4, 0.5) is 11.4 Å². The summed E-state index contributed by atoms with van der Waals surface area (Å²) in [4.78, 5) is 20.9. The second-order valence-electron chi connectivity index (χ2n) is 4.06. The second kappa shape index (κ2) is 6.88. The number of rotatable bonds is 7. The maximum absolute atomic E-state index is 11.8. The number of nitro benzene ring substituents is 1. The average Bonchev–Trinajstić information content (AvgIpc) is 2.39. The third-order valence-electron chi connectivity index (χ3n) is 2.47. The zero-order chi connectivity index (χ0) is 16.0. The molecular formula is C11H14N2O7S. The molecule has 0 aromatic heterocycles. The summed E-state index contributed by atoms with van der Waals surface area (Å²) < 4.78 is 30.0. The van der Waals surface area contributed by atoms with Crippen LogP contribution in [0.2, 0.25) is 0 Å². The summed E-state index contributed by atoms with van der Waals surface area (Å²) in [5.41, 5.74) is -0.817. The molecule has 1 aromatic rings. The van der Waals surface area contributed by atoms with Gasteiger partial charge in [-0.25, -0.2) is 8.42 Å². The van der Waals surface area contributed by atoms with Crippen molar-refractivity contribution in [3.05, 3.63) is 28.3 Å². The third kappa shape index (κ3) is 5.26. The number of aromatic hydroxyl groups is 1. The van der Waals surface area contributed by atoms with E-state index >= 15 is 0 Å². The Morgan fingerprint density at radius 3 is 2.71 bits per heavy atom. The van der Waals surface area contributed by atoms with E-state index in [1.807, 2.05) is 0 Å². The van der Waals surface area contributed by atoms with Crippen molar-refractivity contribution in [1.29, 1.82) is 0 Å². The minimum absolute atomic E-state index is 0.0217. The lowest BCUT2D eigenvalue weighted by molar-refractivity contribution is -0.384. The van der Waals surface area contributed by atoms with Crippen LogP contribution < -0.4 is 4.72 Å². The second-order valence-corrected chi connectivity index (χ2v) is 5.90. The number of phenols is 1. The molecule has 1 aromatic carbocycles. The highest BCUT2D eigenvalue weighted by Gasteiger charge is 2.20. The van der Waals surface area contributed by atoms with Gasteiger partial charge in [-0.05, 0) is 18.6 Å². The fraction of sp³-hybridized carbons (Fsp3) is 0.364. The number of carbonyl (C=O) groups is 1. The SMILES string of the molecule is COC(=O)CCCS(=O)(=O)Nc1ccc(O)cc1[N+](=O)[O-]. The highest BCUT2D eigenvalue weighted by Crippen LogP contribution is 2.29. The Kier molecular flexibility index (Phi) is 5.47. The van der Waals surface area contributed by atoms with E-state index in [2.05, 4.69) is 9.46 Å². The Balaban J connectivity index is 2.80. The van der Waals surface area contributed by atoms with Crippen LogP contribution in [0, 0.1) is 10.1 Å². The number of ether oxygens (including phenoxy) is 1. The molecule has 0 bridgehead atoms. The molecule has 0 spiro atoms. The maximum atomic E-state index is 11.8. The predicted octanol–water partition coefficient (Wildman–Crippen LogP) is 0.995. The summed E-state index contributed by atoms with van der Waals surface area (Å²) in [6, 6.07) is 3.05. The van der Waals surface area contributed by atoms with Crippen LogP contribution in [0.1, 0.15) is 12.8 Å². The van der Waals surface area contributed by atoms with Crippen LogP contribution in [-0.4, -0.2) is 37.3 Å². The topological polar surface area (TPSA) is 136 Å². The minimum Gasteiger partial charge on any atom is -0.508 e. The Bertz CT molecular complexity index is 642. The normalized spacial score (nSPS) is 10.9. The summed E-state index contributed by atoms with van der Waals surface area (Å²) in [7, 11) is -2.66. The number of esters is 1. The number of methoxy groups -OCH3 is 1. The molecule has 0 aliphatic carbocycles. The van der Waals surface area contributed by atoms with Crippen LogP contribution in [-0.2, 0) is 19.6 Å². The molecule has 21 heavy (non-hydrogen) atoms. The quantitative estimate of drug-likeness (QED) is 0.331. The molecule has 0 heterocycles. The van der Waals surface area contributed by atoms with Gasteiger partial charge in [0.15, 0.2) is 0 Å². The number of anilines is 1. The number of phenolic OH excluding ortho intramolecular Hbond substituents is 1. The fourth-order valence-corrected chi connectivity index (χ4v) is 2.62. The third-order valence-corrected chi connectivity index (χ3v) is 3.82. The lowest BCUT2D eigenvalue weighted by Gasteiger charge is -2.08. The van der Waals surface area contributed by atoms with Crippen molar-refractivity contribution in [2.75, 3.05) is 17.6 Å². The van der Waals surface area contributed by atoms with Gasteiger partial charge in [-0.3, -0.25) is 19.6 Å². The van der Waals surface area contributed by atoms with Crippen molar-refractivity contribution in [2.45, 2.75) is 12.8 Å². The Morgan fingerprint density at radius 2 is 2.14 bits per heavy atom. The van der Waals surface area contributed by atoms with E-state index in [0.717, 1.165) is 18.2 Å². The van der Waals surface area contributed by atoms with E-state index in [0.29, 0.717) is 0 Å². The van der Waals surface area contributed by atoms with Crippen LogP contribution in [0.3, 0.4) is 0 Å². The van der Waals surface area contributed by atoms with E-state index < -0.39 is 26.6 Å². The number of hydrogen-bond donors (Lipinski definition) is 2. The molecule has 116 valence electrons. The highest BCUT2D eigenvalue weighted by molar-refractivity contribution is 7.92. The Labute approximate surface area is 120 Å². The molecule has 0 unspecified atom stereocenters. The van der Waals surface area contributed by atoms with Gasteiger partial charge in [0.1, 0.15) is 11.4 Å². The molecule has 10 heteroatoms. The van der Waals surface area contributed by atoms with Gasteiger partial charge in [-0.2, -0.15) is 0 Å². The van der Waals surface area contributed by atoms with Gasteiger partial charge in [-0.15, -0.1) is 0 Å². The molecule has 0 atom stereocenters. The minimum atomic E-state index is -3.85. The summed E-state index contributed by atoms with van der Waals surface area (Å²) in [5, 5.41) is 20.0. The van der Waals surface area contributed by atoms with E-state index in [-0.39, 0.29) is 30.0 Å². The largest absolute Gasteiger partial charge is 0.508 e. The molecule has 0 saturated heterocycles. The monoisotopic (exact) mass is 318 g/mol. The van der Waals surface area contributed by atoms with E-state index in [4.69, 9.17) is 0 Å². The van der Waals surface area contributed by atoms with Gasteiger partial charge >= 0.3 is 5.97 Å². The molecular weight excluding hydrogens is 304 g/mol. The lowest BCUT2D eigenvalue weighted by Crippen LogP contribution is -2.18.